The molecule has 0 aliphatic carbocycles. The number of pyridine rings is 1. The number of nitrogens with zero attached hydrogens (tertiary/aromatic N) is 1. The van der Waals surface area contributed by atoms with Crippen LogP contribution in [0, 0.1) is 0 Å². The van der Waals surface area contributed by atoms with Gasteiger partial charge in [0.15, 0.2) is 18.1 Å². The molecule has 0 aliphatic rings. The van der Waals surface area contributed by atoms with E-state index in [9.17, 15) is 9.59 Å². The van der Waals surface area contributed by atoms with Crippen molar-refractivity contribution in [1.82, 2.24) is 10.3 Å². The van der Waals surface area contributed by atoms with Crippen LogP contribution in [0.25, 0.3) is 22.2 Å². The molecule has 8 heteroatoms. The molecule has 0 radical (unpaired) electrons. The average Bonchev–Trinajstić information content (AvgIpc) is 2.93. The van der Waals surface area contributed by atoms with Crippen molar-refractivity contribution in [2.75, 3.05) is 27.9 Å². The monoisotopic (exact) mass is 486 g/mol. The van der Waals surface area contributed by atoms with E-state index in [2.05, 4.69) is 5.32 Å². The molecule has 0 saturated carbocycles. The maximum Gasteiger partial charge on any atom is 0.339 e. The van der Waals surface area contributed by atoms with Crippen LogP contribution in [0.4, 0.5) is 0 Å². The van der Waals surface area contributed by atoms with Crippen LogP contribution in [0.1, 0.15) is 15.9 Å². The van der Waals surface area contributed by atoms with E-state index in [4.69, 9.17) is 23.9 Å². The van der Waals surface area contributed by atoms with E-state index in [-0.39, 0.29) is 0 Å². The van der Waals surface area contributed by atoms with Gasteiger partial charge in [-0.05, 0) is 48.0 Å². The normalized spacial score (nSPS) is 10.5. The third-order valence-electron chi connectivity index (χ3n) is 5.60. The topological polar surface area (TPSA) is 96.0 Å². The van der Waals surface area contributed by atoms with Gasteiger partial charge in [-0.1, -0.05) is 30.3 Å². The molecule has 1 heterocycles. The first-order chi connectivity index (χ1) is 17.5. The summed E-state index contributed by atoms with van der Waals surface area (Å²) in [5.41, 5.74) is 3.14. The Morgan fingerprint density at radius 3 is 2.31 bits per heavy atom. The first-order valence-corrected chi connectivity index (χ1v) is 11.2. The van der Waals surface area contributed by atoms with Gasteiger partial charge < -0.3 is 24.3 Å². The number of carbonyl (C=O) groups is 2. The highest BCUT2D eigenvalue weighted by molar-refractivity contribution is 6.05. The van der Waals surface area contributed by atoms with Gasteiger partial charge in [0, 0.05) is 17.5 Å². The molecule has 4 aromatic rings. The van der Waals surface area contributed by atoms with Gasteiger partial charge in [0.05, 0.1) is 38.1 Å². The maximum absolute atomic E-state index is 13.0. The van der Waals surface area contributed by atoms with E-state index in [0.717, 1.165) is 16.9 Å². The molecule has 0 fully saturated rings. The van der Waals surface area contributed by atoms with Gasteiger partial charge in [-0.3, -0.25) is 4.79 Å². The Morgan fingerprint density at radius 2 is 1.58 bits per heavy atom. The third kappa shape index (κ3) is 5.55. The van der Waals surface area contributed by atoms with E-state index in [0.29, 0.717) is 40.2 Å². The summed E-state index contributed by atoms with van der Waals surface area (Å²) in [5.74, 6) is 0.841. The second-order valence-electron chi connectivity index (χ2n) is 7.84. The highest BCUT2D eigenvalue weighted by atomic mass is 16.5. The lowest BCUT2D eigenvalue weighted by molar-refractivity contribution is -0.124. The van der Waals surface area contributed by atoms with Gasteiger partial charge in [0.25, 0.3) is 5.91 Å². The van der Waals surface area contributed by atoms with E-state index in [1.165, 1.54) is 0 Å². The minimum Gasteiger partial charge on any atom is -0.497 e. The maximum atomic E-state index is 13.0. The molecule has 36 heavy (non-hydrogen) atoms. The van der Waals surface area contributed by atoms with Crippen molar-refractivity contribution < 1.29 is 28.5 Å². The quantitative estimate of drug-likeness (QED) is 0.350. The number of carbonyl (C=O) groups excluding carboxylic acids is 2. The SMILES string of the molecule is COc1ccc(CNC(=O)COC(=O)c2cc(-c3ccc(OC)c(OC)c3)nc3ccccc23)cc1. The van der Waals surface area contributed by atoms with Crippen LogP contribution in [0.2, 0.25) is 0 Å². The first-order valence-electron chi connectivity index (χ1n) is 11.2. The fourth-order valence-corrected chi connectivity index (χ4v) is 3.69. The number of aromatic nitrogens is 1. The lowest BCUT2D eigenvalue weighted by Crippen LogP contribution is -2.28. The van der Waals surface area contributed by atoms with Crippen LogP contribution >= 0.6 is 0 Å². The summed E-state index contributed by atoms with van der Waals surface area (Å²) in [6.07, 6.45) is 0. The van der Waals surface area contributed by atoms with Crippen LogP contribution in [0.3, 0.4) is 0 Å². The summed E-state index contributed by atoms with van der Waals surface area (Å²) in [5, 5.41) is 3.38. The lowest BCUT2D eigenvalue weighted by Gasteiger charge is -2.12. The highest BCUT2D eigenvalue weighted by Crippen LogP contribution is 2.33. The second-order valence-corrected chi connectivity index (χ2v) is 7.84. The summed E-state index contributed by atoms with van der Waals surface area (Å²) in [4.78, 5) is 30.0. The first kappa shape index (κ1) is 24.5. The van der Waals surface area contributed by atoms with E-state index >= 15 is 0 Å². The van der Waals surface area contributed by atoms with Crippen LogP contribution in [0.5, 0.6) is 17.2 Å². The molecule has 1 amide bonds. The third-order valence-corrected chi connectivity index (χ3v) is 5.60. The summed E-state index contributed by atoms with van der Waals surface area (Å²) >= 11 is 0. The second kappa shape index (κ2) is 11.2. The zero-order valence-corrected chi connectivity index (χ0v) is 20.2. The predicted molar refractivity (Wildman–Crippen MR) is 135 cm³/mol. The van der Waals surface area contributed by atoms with Crippen molar-refractivity contribution >= 4 is 22.8 Å². The number of nitrogens with one attached hydrogen (secondary N) is 1. The molecule has 0 spiro atoms. The number of hydrogen-bond donors (Lipinski definition) is 1. The number of methoxy groups -OCH3 is 3. The average molecular weight is 487 g/mol. The van der Waals surface area contributed by atoms with Crippen LogP contribution in [0.15, 0.2) is 72.8 Å². The van der Waals surface area contributed by atoms with Gasteiger partial charge >= 0.3 is 5.97 Å². The molecule has 0 saturated heterocycles. The molecule has 8 nitrogen and oxygen atoms in total. The van der Waals surface area contributed by atoms with Crippen molar-refractivity contribution in [2.24, 2.45) is 0 Å². The highest BCUT2D eigenvalue weighted by Gasteiger charge is 2.17. The zero-order chi connectivity index (χ0) is 25.5. The number of hydrogen-bond acceptors (Lipinski definition) is 7. The Morgan fingerprint density at radius 1 is 0.833 bits per heavy atom. The molecule has 0 bridgehead atoms. The van der Waals surface area contributed by atoms with Crippen molar-refractivity contribution in [3.8, 4) is 28.5 Å². The van der Waals surface area contributed by atoms with Crippen molar-refractivity contribution in [3.63, 3.8) is 0 Å². The van der Waals surface area contributed by atoms with Gasteiger partial charge in [0.2, 0.25) is 0 Å². The number of amides is 1. The molecular formula is C28H26N2O6. The van der Waals surface area contributed by atoms with Gasteiger partial charge in [-0.25, -0.2) is 9.78 Å². The Bertz CT molecular complexity index is 1380. The molecule has 1 N–H and O–H groups in total. The zero-order valence-electron chi connectivity index (χ0n) is 20.2. The number of esters is 1. The van der Waals surface area contributed by atoms with Crippen molar-refractivity contribution in [3.05, 3.63) is 83.9 Å². The largest absolute Gasteiger partial charge is 0.497 e. The lowest BCUT2D eigenvalue weighted by atomic mass is 10.0. The number of rotatable bonds is 9. The Hall–Kier alpha value is -4.59. The summed E-state index contributed by atoms with van der Waals surface area (Å²) < 4.78 is 21.2. The van der Waals surface area contributed by atoms with Crippen molar-refractivity contribution in [2.45, 2.75) is 6.54 Å². The standard InChI is InChI=1S/C28H26N2O6/c1-33-20-11-8-18(9-12-20)16-29-27(31)17-36-28(32)22-15-24(30-23-7-5-4-6-21(22)23)19-10-13-25(34-2)26(14-19)35-3/h4-15H,16-17H2,1-3H3,(H,29,31). The fourth-order valence-electron chi connectivity index (χ4n) is 3.69. The van der Waals surface area contributed by atoms with Crippen LogP contribution < -0.4 is 19.5 Å². The molecule has 184 valence electrons. The minimum absolute atomic E-state index is 0.308. The predicted octanol–water partition coefficient (Wildman–Crippen LogP) is 4.40. The van der Waals surface area contributed by atoms with E-state index < -0.39 is 18.5 Å². The number of benzene rings is 3. The molecule has 4 rings (SSSR count). The Kier molecular flexibility index (Phi) is 7.65. The molecule has 0 unspecified atom stereocenters. The number of para-hydroxylation sites is 1. The Balaban J connectivity index is 1.51. The summed E-state index contributed by atoms with van der Waals surface area (Å²) in [6.45, 7) is -0.0979. The summed E-state index contributed by atoms with van der Waals surface area (Å²) in [7, 11) is 4.71. The van der Waals surface area contributed by atoms with Gasteiger partial charge in [-0.15, -0.1) is 0 Å². The molecule has 1 aromatic heterocycles. The van der Waals surface area contributed by atoms with Crippen molar-refractivity contribution in [1.29, 1.82) is 0 Å². The minimum atomic E-state index is -0.616. The Labute approximate surface area is 208 Å². The van der Waals surface area contributed by atoms with E-state index in [1.54, 1.807) is 45.6 Å². The fraction of sp³-hybridized carbons (Fsp3) is 0.179. The summed E-state index contributed by atoms with van der Waals surface area (Å²) in [6, 6.07) is 21.6. The molecule has 0 atom stereocenters. The van der Waals surface area contributed by atoms with E-state index in [1.807, 2.05) is 48.5 Å². The molecular weight excluding hydrogens is 460 g/mol. The molecule has 3 aromatic carbocycles. The number of ether oxygens (including phenoxy) is 4. The van der Waals surface area contributed by atoms with Gasteiger partial charge in [-0.2, -0.15) is 0 Å². The molecule has 0 aliphatic heterocycles. The smallest absolute Gasteiger partial charge is 0.339 e. The van der Waals surface area contributed by atoms with Gasteiger partial charge in [0.1, 0.15) is 5.75 Å². The van der Waals surface area contributed by atoms with Crippen LogP contribution in [-0.2, 0) is 16.1 Å². The number of fused-ring (bicyclic) bond motifs is 1. The van der Waals surface area contributed by atoms with Crippen LogP contribution in [-0.4, -0.2) is 44.8 Å².